The molecule has 2 atom stereocenters. The van der Waals surface area contributed by atoms with Crippen molar-refractivity contribution in [2.75, 3.05) is 40.0 Å². The highest BCUT2D eigenvalue weighted by Crippen LogP contribution is 2.24. The lowest BCUT2D eigenvalue weighted by Crippen LogP contribution is -2.39. The lowest BCUT2D eigenvalue weighted by atomic mass is 9.88. The minimum atomic E-state index is -0.823. The summed E-state index contributed by atoms with van der Waals surface area (Å²) in [6.45, 7) is 17.2. The highest BCUT2D eigenvalue weighted by molar-refractivity contribution is 5.67. The Balaban J connectivity index is 0.000000905. The zero-order valence-electron chi connectivity index (χ0n) is 33.4. The van der Waals surface area contributed by atoms with E-state index in [1.54, 1.807) is 24.3 Å². The Hall–Kier alpha value is -5.96. The first-order valence-corrected chi connectivity index (χ1v) is 18.2. The lowest BCUT2D eigenvalue weighted by Gasteiger charge is -2.30. The van der Waals surface area contributed by atoms with E-state index in [1.807, 2.05) is 56.5 Å². The van der Waals surface area contributed by atoms with Gasteiger partial charge >= 0.3 is 12.1 Å². The number of isocyanates is 2. The Morgan fingerprint density at radius 3 is 2.07 bits per heavy atom. The van der Waals surface area contributed by atoms with Crippen molar-refractivity contribution >= 4 is 36.6 Å². The molecule has 0 spiro atoms. The van der Waals surface area contributed by atoms with Gasteiger partial charge in [0, 0.05) is 20.0 Å². The number of allylic oxidation sites excluding steroid dienone is 2. The topological polar surface area (TPSA) is 174 Å². The van der Waals surface area contributed by atoms with Gasteiger partial charge in [-0.05, 0) is 66.1 Å². The van der Waals surface area contributed by atoms with Crippen molar-refractivity contribution in [3.63, 3.8) is 0 Å². The van der Waals surface area contributed by atoms with Gasteiger partial charge in [0.25, 0.3) is 6.47 Å². The van der Waals surface area contributed by atoms with E-state index in [4.69, 9.17) is 14.2 Å². The van der Waals surface area contributed by atoms with E-state index >= 15 is 0 Å². The van der Waals surface area contributed by atoms with Crippen LogP contribution in [-0.4, -0.2) is 76.5 Å². The molecule has 0 heterocycles. The molecule has 0 saturated carbocycles. The summed E-state index contributed by atoms with van der Waals surface area (Å²) in [6.07, 6.45) is 12.9. The number of benzene rings is 2. The third-order valence-electron chi connectivity index (χ3n) is 7.94. The van der Waals surface area contributed by atoms with Crippen LogP contribution in [0.25, 0.3) is 0 Å². The quantitative estimate of drug-likeness (QED) is 0.0310. The number of carbonyl (C=O) groups excluding carboxylic acids is 5. The van der Waals surface area contributed by atoms with Gasteiger partial charge in [-0.3, -0.25) is 9.59 Å². The number of hydrogen-bond acceptors (Lipinski definition) is 12. The van der Waals surface area contributed by atoms with Crippen LogP contribution in [0.2, 0.25) is 0 Å². The van der Waals surface area contributed by atoms with Gasteiger partial charge in [0.05, 0.1) is 25.0 Å². The van der Waals surface area contributed by atoms with Crippen LogP contribution in [0.1, 0.15) is 62.8 Å². The molecule has 2 aromatic carbocycles. The number of rotatable bonds is 23. The third-order valence-corrected chi connectivity index (χ3v) is 7.94. The first kappa shape index (κ1) is 50.0. The van der Waals surface area contributed by atoms with Crippen LogP contribution in [0.15, 0.2) is 107 Å². The van der Waals surface area contributed by atoms with Gasteiger partial charge in [-0.1, -0.05) is 107 Å². The predicted molar refractivity (Wildman–Crippen MR) is 219 cm³/mol. The molecular weight excluding hydrogens is 714 g/mol. The molecule has 2 rings (SSSR count). The van der Waals surface area contributed by atoms with Gasteiger partial charge in [-0.2, -0.15) is 0 Å². The summed E-state index contributed by atoms with van der Waals surface area (Å²) >= 11 is 0. The van der Waals surface area contributed by atoms with Crippen molar-refractivity contribution in [3.8, 4) is 0 Å². The van der Waals surface area contributed by atoms with Crippen LogP contribution in [0.5, 0.6) is 0 Å². The summed E-state index contributed by atoms with van der Waals surface area (Å²) in [4.78, 5) is 64.7. The van der Waals surface area contributed by atoms with Gasteiger partial charge in [0.15, 0.2) is 0 Å². The van der Waals surface area contributed by atoms with Crippen LogP contribution in [0, 0.1) is 11.3 Å². The second-order valence-electron chi connectivity index (χ2n) is 12.6. The van der Waals surface area contributed by atoms with Crippen LogP contribution in [0.4, 0.5) is 4.79 Å². The predicted octanol–water partition coefficient (Wildman–Crippen LogP) is 6.72. The molecule has 302 valence electrons. The standard InChI is InChI=1S/C19H24N2O7.C13H17NO.C11H16N2/c1-3-19(10-26-14-23,11-27-15(2)24)12-28-18(25)21-9-17-6-4-5-16(7-17)8-20-13-22;1-3-11(2)7-12-5-4-6-13(8-12)9-14-10-15;1-4-13-9-7-5-6-8-11(2)10-12-3/h4-7,14H,3,8-12H2,1-2H3,(H,21,25);4-6,8,11H,3,7,9H2,1-2H3;5-8,12H,1-2,9-10H2,3H3/b;;7-5+,8-6-. The normalized spacial score (nSPS) is 11.7. The van der Waals surface area contributed by atoms with Crippen molar-refractivity contribution in [3.05, 3.63) is 114 Å². The highest BCUT2D eigenvalue weighted by atomic mass is 16.6. The molecule has 2 aromatic rings. The second kappa shape index (κ2) is 32.5. The maximum atomic E-state index is 12.0. The van der Waals surface area contributed by atoms with Crippen molar-refractivity contribution in [2.45, 2.75) is 66.6 Å². The van der Waals surface area contributed by atoms with Gasteiger partial charge in [0.2, 0.25) is 12.2 Å². The SMILES string of the molecule is C=C=NC/C=C/C=C\C(=C)CNC.CCC(C)Cc1cccc(CN=C=O)c1.CCC(COC=O)(COC(C)=O)COC(=O)NCc1cccc(CN=C=O)c1. The monoisotopic (exact) mass is 771 g/mol. The number of nitrogens with zero attached hydrogens (tertiary/aromatic N) is 3. The fraction of sp³-hybridized carbons (Fsp3) is 0.419. The molecule has 0 saturated heterocycles. The number of aliphatic imine (C=N–C) groups is 3. The molecular formula is C43H57N5O8. The molecule has 56 heavy (non-hydrogen) atoms. The molecule has 13 heteroatoms. The number of carbonyl (C=O) groups is 3. The molecule has 0 bridgehead atoms. The first-order chi connectivity index (χ1) is 27.0. The molecule has 0 aliphatic carbocycles. The molecule has 0 aliphatic rings. The second-order valence-corrected chi connectivity index (χ2v) is 12.6. The summed E-state index contributed by atoms with van der Waals surface area (Å²) in [5.74, 6) is 2.68. The smallest absolute Gasteiger partial charge is 0.407 e. The van der Waals surface area contributed by atoms with E-state index in [1.165, 1.54) is 25.0 Å². The van der Waals surface area contributed by atoms with Crippen molar-refractivity contribution in [1.82, 2.24) is 10.6 Å². The van der Waals surface area contributed by atoms with E-state index in [2.05, 4.69) is 70.6 Å². The van der Waals surface area contributed by atoms with Gasteiger partial charge in [0.1, 0.15) is 19.8 Å². The van der Waals surface area contributed by atoms with Gasteiger partial charge < -0.3 is 24.8 Å². The third kappa shape index (κ3) is 25.9. The van der Waals surface area contributed by atoms with Crippen molar-refractivity contribution in [2.24, 2.45) is 26.3 Å². The molecule has 2 N–H and O–H groups in total. The highest BCUT2D eigenvalue weighted by Gasteiger charge is 2.33. The Morgan fingerprint density at radius 1 is 0.911 bits per heavy atom. The maximum Gasteiger partial charge on any atom is 0.407 e. The number of hydrogen-bond donors (Lipinski definition) is 2. The van der Waals surface area contributed by atoms with Crippen molar-refractivity contribution < 1.29 is 38.2 Å². The molecule has 0 aromatic heterocycles. The van der Waals surface area contributed by atoms with E-state index in [-0.39, 0.29) is 32.9 Å². The first-order valence-electron chi connectivity index (χ1n) is 18.2. The van der Waals surface area contributed by atoms with Crippen LogP contribution >= 0.6 is 0 Å². The van der Waals surface area contributed by atoms with E-state index in [0.717, 1.165) is 35.2 Å². The Kier molecular flexibility index (Phi) is 29.0. The number of ether oxygens (including phenoxy) is 3. The molecule has 1 amide bonds. The fourth-order valence-electron chi connectivity index (χ4n) is 4.56. The maximum absolute atomic E-state index is 12.0. The molecule has 0 aliphatic heterocycles. The largest absolute Gasteiger partial charge is 0.467 e. The minimum Gasteiger partial charge on any atom is -0.467 e. The molecule has 0 fully saturated rings. The number of amides is 1. The summed E-state index contributed by atoms with van der Waals surface area (Å²) < 4.78 is 15.1. The van der Waals surface area contributed by atoms with Crippen LogP contribution < -0.4 is 10.6 Å². The van der Waals surface area contributed by atoms with Crippen LogP contribution in [-0.2, 0) is 59.4 Å². The Morgan fingerprint density at radius 2 is 1.52 bits per heavy atom. The number of esters is 1. The summed E-state index contributed by atoms with van der Waals surface area (Å²) in [5.41, 5.74) is 4.26. The minimum absolute atomic E-state index is 0.0424. The average Bonchev–Trinajstić information content (AvgIpc) is 3.20. The van der Waals surface area contributed by atoms with E-state index < -0.39 is 17.5 Å². The average molecular weight is 772 g/mol. The van der Waals surface area contributed by atoms with E-state index in [9.17, 15) is 24.0 Å². The summed E-state index contributed by atoms with van der Waals surface area (Å²) in [6, 6.07) is 15.5. The molecule has 0 radical (unpaired) electrons. The summed E-state index contributed by atoms with van der Waals surface area (Å²) in [5, 5.41) is 5.63. The molecule has 2 unspecified atom stereocenters. The summed E-state index contributed by atoms with van der Waals surface area (Å²) in [7, 11) is 1.90. The van der Waals surface area contributed by atoms with E-state index in [0.29, 0.717) is 31.9 Å². The lowest BCUT2D eigenvalue weighted by molar-refractivity contribution is -0.149. The Labute approximate surface area is 331 Å². The zero-order valence-corrected chi connectivity index (χ0v) is 33.4. The van der Waals surface area contributed by atoms with Crippen molar-refractivity contribution in [1.29, 1.82) is 0 Å². The van der Waals surface area contributed by atoms with Gasteiger partial charge in [-0.15, -0.1) is 0 Å². The van der Waals surface area contributed by atoms with Crippen LogP contribution in [0.3, 0.4) is 0 Å². The zero-order chi connectivity index (χ0) is 41.9. The fourth-order valence-corrected chi connectivity index (χ4v) is 4.56. The number of nitrogens with one attached hydrogen (secondary N) is 2. The Bertz CT molecular complexity index is 1690. The molecule has 13 nitrogen and oxygen atoms in total. The van der Waals surface area contributed by atoms with Gasteiger partial charge in [-0.25, -0.2) is 29.4 Å². The number of alkyl carbamates (subject to hydrolysis) is 1. The number of likely N-dealkylation sites (N-methyl/N-ethyl adjacent to an activating group) is 1.